The summed E-state index contributed by atoms with van der Waals surface area (Å²) in [7, 11) is 0. The van der Waals surface area contributed by atoms with Gasteiger partial charge in [-0.05, 0) is 36.7 Å². The maximum absolute atomic E-state index is 13.2. The van der Waals surface area contributed by atoms with Gasteiger partial charge in [0, 0.05) is 38.4 Å². The summed E-state index contributed by atoms with van der Waals surface area (Å²) in [6.45, 7) is 8.41. The van der Waals surface area contributed by atoms with Gasteiger partial charge in [-0.3, -0.25) is 4.90 Å². The lowest BCUT2D eigenvalue weighted by Crippen LogP contribution is -2.46. The molecule has 0 saturated carbocycles. The third-order valence-electron chi connectivity index (χ3n) is 3.50. The van der Waals surface area contributed by atoms with E-state index in [0.717, 1.165) is 38.3 Å². The first kappa shape index (κ1) is 13.3. The molecule has 100 valence electrons. The highest BCUT2D eigenvalue weighted by Crippen LogP contribution is 2.16. The average Bonchev–Trinajstić information content (AvgIpc) is 2.37. The van der Waals surface area contributed by atoms with Crippen LogP contribution in [0.15, 0.2) is 18.2 Å². The summed E-state index contributed by atoms with van der Waals surface area (Å²) in [4.78, 5) is 4.82. The number of halogens is 1. The number of rotatable bonds is 4. The molecule has 2 rings (SSSR count). The number of nitrogen functional groups attached to an aromatic ring is 1. The van der Waals surface area contributed by atoms with Gasteiger partial charge in [0.15, 0.2) is 0 Å². The summed E-state index contributed by atoms with van der Waals surface area (Å²) in [6, 6.07) is 4.61. The Labute approximate surface area is 108 Å². The Kier molecular flexibility index (Phi) is 4.55. The number of benzene rings is 1. The van der Waals surface area contributed by atoms with Crippen molar-refractivity contribution in [1.82, 2.24) is 9.80 Å². The molecule has 1 aliphatic rings. The third-order valence-corrected chi connectivity index (χ3v) is 3.50. The number of hydrogen-bond donors (Lipinski definition) is 1. The van der Waals surface area contributed by atoms with Crippen LogP contribution in [0.25, 0.3) is 0 Å². The summed E-state index contributed by atoms with van der Waals surface area (Å²) < 4.78 is 13.2. The normalized spacial score (nSPS) is 18.1. The van der Waals surface area contributed by atoms with Gasteiger partial charge in [-0.25, -0.2) is 4.39 Å². The van der Waals surface area contributed by atoms with Crippen molar-refractivity contribution in [2.45, 2.75) is 19.9 Å². The molecule has 0 atom stereocenters. The molecule has 1 aliphatic heterocycles. The van der Waals surface area contributed by atoms with Gasteiger partial charge in [0.05, 0.1) is 0 Å². The Bertz CT molecular complexity index is 387. The average molecular weight is 251 g/mol. The fourth-order valence-corrected chi connectivity index (χ4v) is 2.44. The van der Waals surface area contributed by atoms with Crippen molar-refractivity contribution in [3.8, 4) is 0 Å². The van der Waals surface area contributed by atoms with Crippen LogP contribution in [0.5, 0.6) is 0 Å². The van der Waals surface area contributed by atoms with Crippen molar-refractivity contribution in [3.05, 3.63) is 29.6 Å². The number of piperazine rings is 1. The van der Waals surface area contributed by atoms with E-state index in [-0.39, 0.29) is 5.82 Å². The molecule has 0 aliphatic carbocycles. The summed E-state index contributed by atoms with van der Waals surface area (Å²) >= 11 is 0. The van der Waals surface area contributed by atoms with Crippen molar-refractivity contribution in [1.29, 1.82) is 0 Å². The molecule has 1 heterocycles. The predicted octanol–water partition coefficient (Wildman–Crippen LogP) is 1.94. The lowest BCUT2D eigenvalue weighted by molar-refractivity contribution is 0.127. The molecule has 3 nitrogen and oxygen atoms in total. The first-order valence-corrected chi connectivity index (χ1v) is 6.67. The topological polar surface area (TPSA) is 32.5 Å². The fourth-order valence-electron chi connectivity index (χ4n) is 2.44. The molecule has 0 unspecified atom stereocenters. The Morgan fingerprint density at radius 2 is 1.83 bits per heavy atom. The molecule has 1 aromatic rings. The van der Waals surface area contributed by atoms with Gasteiger partial charge in [-0.2, -0.15) is 0 Å². The molecule has 1 fully saturated rings. The first-order chi connectivity index (χ1) is 8.69. The van der Waals surface area contributed by atoms with E-state index < -0.39 is 0 Å². The molecule has 0 radical (unpaired) electrons. The summed E-state index contributed by atoms with van der Waals surface area (Å²) in [6.07, 6.45) is 1.21. The van der Waals surface area contributed by atoms with Gasteiger partial charge in [0.25, 0.3) is 0 Å². The van der Waals surface area contributed by atoms with E-state index in [1.165, 1.54) is 19.0 Å². The van der Waals surface area contributed by atoms with Crippen molar-refractivity contribution in [2.24, 2.45) is 0 Å². The molecule has 0 bridgehead atoms. The zero-order valence-corrected chi connectivity index (χ0v) is 11.0. The molecular formula is C14H22FN3. The standard InChI is InChI=1S/C14H22FN3/c1-2-5-17-6-8-18(9-7-17)11-12-10-13(15)3-4-14(12)16/h3-4,10H,2,5-9,11,16H2,1H3. The lowest BCUT2D eigenvalue weighted by atomic mass is 10.1. The van der Waals surface area contributed by atoms with E-state index in [1.54, 1.807) is 12.1 Å². The van der Waals surface area contributed by atoms with Crippen molar-refractivity contribution >= 4 is 5.69 Å². The van der Waals surface area contributed by atoms with Gasteiger partial charge < -0.3 is 10.6 Å². The highest BCUT2D eigenvalue weighted by Gasteiger charge is 2.16. The van der Waals surface area contributed by atoms with Crippen LogP contribution < -0.4 is 5.73 Å². The van der Waals surface area contributed by atoms with Crippen LogP contribution in [0.2, 0.25) is 0 Å². The SMILES string of the molecule is CCCN1CCN(Cc2cc(F)ccc2N)CC1. The Morgan fingerprint density at radius 3 is 2.50 bits per heavy atom. The van der Waals surface area contributed by atoms with Gasteiger partial charge in [0.1, 0.15) is 5.82 Å². The van der Waals surface area contributed by atoms with E-state index in [9.17, 15) is 4.39 Å². The quantitative estimate of drug-likeness (QED) is 0.830. The molecule has 1 saturated heterocycles. The van der Waals surface area contributed by atoms with Crippen LogP contribution >= 0.6 is 0 Å². The van der Waals surface area contributed by atoms with Gasteiger partial charge in [-0.15, -0.1) is 0 Å². The van der Waals surface area contributed by atoms with E-state index in [4.69, 9.17) is 5.73 Å². The van der Waals surface area contributed by atoms with E-state index in [1.807, 2.05) is 0 Å². The molecule has 4 heteroatoms. The summed E-state index contributed by atoms with van der Waals surface area (Å²) in [5, 5.41) is 0. The largest absolute Gasteiger partial charge is 0.398 e. The zero-order valence-electron chi connectivity index (χ0n) is 11.0. The zero-order chi connectivity index (χ0) is 13.0. The van der Waals surface area contributed by atoms with Gasteiger partial charge in [0.2, 0.25) is 0 Å². The van der Waals surface area contributed by atoms with Crippen LogP contribution in [-0.4, -0.2) is 42.5 Å². The molecule has 0 amide bonds. The van der Waals surface area contributed by atoms with Crippen LogP contribution in [0.4, 0.5) is 10.1 Å². The minimum Gasteiger partial charge on any atom is -0.398 e. The van der Waals surface area contributed by atoms with Crippen molar-refractivity contribution < 1.29 is 4.39 Å². The minimum absolute atomic E-state index is 0.205. The van der Waals surface area contributed by atoms with Gasteiger partial charge in [-0.1, -0.05) is 6.92 Å². The Balaban J connectivity index is 1.89. The molecular weight excluding hydrogens is 229 g/mol. The Hall–Kier alpha value is -1.13. The number of nitrogens with two attached hydrogens (primary N) is 1. The van der Waals surface area contributed by atoms with Crippen molar-refractivity contribution in [2.75, 3.05) is 38.5 Å². The third kappa shape index (κ3) is 3.43. The minimum atomic E-state index is -0.205. The fraction of sp³-hybridized carbons (Fsp3) is 0.571. The summed E-state index contributed by atoms with van der Waals surface area (Å²) in [5.41, 5.74) is 7.47. The smallest absolute Gasteiger partial charge is 0.123 e. The predicted molar refractivity (Wildman–Crippen MR) is 72.8 cm³/mol. The number of nitrogens with zero attached hydrogens (tertiary/aromatic N) is 2. The van der Waals surface area contributed by atoms with Crippen LogP contribution in [0.1, 0.15) is 18.9 Å². The second-order valence-corrected chi connectivity index (χ2v) is 4.96. The number of hydrogen-bond acceptors (Lipinski definition) is 3. The highest BCUT2D eigenvalue weighted by atomic mass is 19.1. The highest BCUT2D eigenvalue weighted by molar-refractivity contribution is 5.46. The van der Waals surface area contributed by atoms with Crippen LogP contribution in [0, 0.1) is 5.82 Å². The second kappa shape index (κ2) is 6.16. The monoisotopic (exact) mass is 251 g/mol. The molecule has 2 N–H and O–H groups in total. The van der Waals surface area contributed by atoms with Crippen LogP contribution in [-0.2, 0) is 6.54 Å². The Morgan fingerprint density at radius 1 is 1.17 bits per heavy atom. The van der Waals surface area contributed by atoms with E-state index in [0.29, 0.717) is 5.69 Å². The van der Waals surface area contributed by atoms with E-state index >= 15 is 0 Å². The maximum Gasteiger partial charge on any atom is 0.123 e. The number of anilines is 1. The van der Waals surface area contributed by atoms with Crippen molar-refractivity contribution in [3.63, 3.8) is 0 Å². The first-order valence-electron chi connectivity index (χ1n) is 6.67. The van der Waals surface area contributed by atoms with Gasteiger partial charge >= 0.3 is 0 Å². The second-order valence-electron chi connectivity index (χ2n) is 4.96. The molecule has 1 aromatic carbocycles. The van der Waals surface area contributed by atoms with E-state index in [2.05, 4.69) is 16.7 Å². The lowest BCUT2D eigenvalue weighted by Gasteiger charge is -2.34. The molecule has 0 spiro atoms. The molecule has 0 aromatic heterocycles. The summed E-state index contributed by atoms with van der Waals surface area (Å²) in [5.74, 6) is -0.205. The molecule has 18 heavy (non-hydrogen) atoms. The van der Waals surface area contributed by atoms with Crippen LogP contribution in [0.3, 0.4) is 0 Å². The maximum atomic E-state index is 13.2.